The average molecular weight is 474 g/mol. The van der Waals surface area contributed by atoms with E-state index in [1.165, 1.54) is 18.1 Å². The minimum Gasteiger partial charge on any atom is -0.508 e. The molecule has 2 rings (SSSR count). The SMILES string of the molecule is COC(=O)CN=C(C)OCCc1cc(O)ccc1/C=C1\N=C(C)N(CC(=O)OC(C)(C)C)C1=O. The second kappa shape index (κ2) is 11.4. The first-order chi connectivity index (χ1) is 15.9. The molecule has 0 radical (unpaired) electrons. The molecule has 1 aromatic rings. The monoisotopic (exact) mass is 473 g/mol. The van der Waals surface area contributed by atoms with E-state index < -0.39 is 23.4 Å². The Morgan fingerprint density at radius 1 is 1.24 bits per heavy atom. The summed E-state index contributed by atoms with van der Waals surface area (Å²) in [6, 6.07) is 4.75. The van der Waals surface area contributed by atoms with E-state index in [1.54, 1.807) is 52.8 Å². The van der Waals surface area contributed by atoms with Crippen molar-refractivity contribution in [2.75, 3.05) is 26.8 Å². The molecular weight excluding hydrogens is 442 g/mol. The number of aromatic hydroxyl groups is 1. The predicted molar refractivity (Wildman–Crippen MR) is 126 cm³/mol. The second-order valence-corrected chi connectivity index (χ2v) is 8.56. The van der Waals surface area contributed by atoms with Gasteiger partial charge in [-0.25, -0.2) is 9.98 Å². The lowest BCUT2D eigenvalue weighted by molar-refractivity contribution is -0.156. The fraction of sp³-hybridized carbons (Fsp3) is 0.458. The Bertz CT molecular complexity index is 1040. The summed E-state index contributed by atoms with van der Waals surface area (Å²) in [5.74, 6) is -0.620. The normalized spacial score (nSPS) is 15.4. The molecule has 0 saturated carbocycles. The van der Waals surface area contributed by atoms with E-state index in [1.807, 2.05) is 0 Å². The van der Waals surface area contributed by atoms with Crippen LogP contribution in [0, 0.1) is 0 Å². The van der Waals surface area contributed by atoms with Gasteiger partial charge in [-0.05, 0) is 57.0 Å². The summed E-state index contributed by atoms with van der Waals surface area (Å²) >= 11 is 0. The average Bonchev–Trinajstić information content (AvgIpc) is 2.99. The zero-order valence-electron chi connectivity index (χ0n) is 20.4. The molecule has 1 amide bonds. The van der Waals surface area contributed by atoms with Crippen LogP contribution in [0.3, 0.4) is 0 Å². The van der Waals surface area contributed by atoms with Crippen molar-refractivity contribution in [3.8, 4) is 5.75 Å². The molecule has 1 N–H and O–H groups in total. The molecule has 0 aliphatic carbocycles. The molecule has 0 fully saturated rings. The maximum atomic E-state index is 12.9. The van der Waals surface area contributed by atoms with Crippen molar-refractivity contribution in [1.82, 2.24) is 4.90 Å². The van der Waals surface area contributed by atoms with Gasteiger partial charge in [0.25, 0.3) is 5.91 Å². The lowest BCUT2D eigenvalue weighted by Crippen LogP contribution is -2.38. The lowest BCUT2D eigenvalue weighted by Gasteiger charge is -2.22. The Labute approximate surface area is 198 Å². The quantitative estimate of drug-likeness (QED) is 0.266. The first kappa shape index (κ1) is 26.6. The maximum absolute atomic E-state index is 12.9. The van der Waals surface area contributed by atoms with Gasteiger partial charge in [-0.1, -0.05) is 6.07 Å². The zero-order chi connectivity index (χ0) is 25.5. The number of amides is 1. The molecule has 1 aromatic carbocycles. The fourth-order valence-corrected chi connectivity index (χ4v) is 3.04. The predicted octanol–water partition coefficient (Wildman–Crippen LogP) is 2.49. The highest BCUT2D eigenvalue weighted by atomic mass is 16.6. The molecule has 0 unspecified atom stereocenters. The van der Waals surface area contributed by atoms with Crippen LogP contribution in [-0.4, -0.2) is 72.0 Å². The zero-order valence-corrected chi connectivity index (χ0v) is 20.4. The van der Waals surface area contributed by atoms with Crippen molar-refractivity contribution in [3.63, 3.8) is 0 Å². The topological polar surface area (TPSA) is 127 Å². The summed E-state index contributed by atoms with van der Waals surface area (Å²) in [7, 11) is 1.28. The highest BCUT2D eigenvalue weighted by Crippen LogP contribution is 2.24. The molecule has 34 heavy (non-hydrogen) atoms. The third kappa shape index (κ3) is 8.02. The lowest BCUT2D eigenvalue weighted by atomic mass is 10.0. The number of phenolic OH excluding ortho intramolecular Hbond substituents is 1. The summed E-state index contributed by atoms with van der Waals surface area (Å²) in [5.41, 5.74) is 0.906. The van der Waals surface area contributed by atoms with Crippen molar-refractivity contribution < 1.29 is 33.7 Å². The maximum Gasteiger partial charge on any atom is 0.327 e. The van der Waals surface area contributed by atoms with Gasteiger partial charge in [0.2, 0.25) is 0 Å². The number of nitrogens with zero attached hydrogens (tertiary/aromatic N) is 3. The van der Waals surface area contributed by atoms with Crippen LogP contribution in [0.25, 0.3) is 6.08 Å². The molecular formula is C24H31N3O7. The summed E-state index contributed by atoms with van der Waals surface area (Å²) in [6.45, 7) is 8.40. The van der Waals surface area contributed by atoms with Crippen LogP contribution in [0.4, 0.5) is 0 Å². The van der Waals surface area contributed by atoms with E-state index in [4.69, 9.17) is 9.47 Å². The first-order valence-corrected chi connectivity index (χ1v) is 10.7. The van der Waals surface area contributed by atoms with E-state index in [9.17, 15) is 19.5 Å². The third-order valence-electron chi connectivity index (χ3n) is 4.60. The Kier molecular flexibility index (Phi) is 8.94. The number of hydrogen-bond donors (Lipinski definition) is 1. The van der Waals surface area contributed by atoms with Crippen LogP contribution < -0.4 is 0 Å². The number of ether oxygens (including phenoxy) is 3. The van der Waals surface area contributed by atoms with Gasteiger partial charge < -0.3 is 19.3 Å². The number of rotatable bonds is 8. The van der Waals surface area contributed by atoms with E-state index >= 15 is 0 Å². The van der Waals surface area contributed by atoms with Gasteiger partial charge in [-0.3, -0.25) is 19.3 Å². The summed E-state index contributed by atoms with van der Waals surface area (Å²) < 4.78 is 15.4. The van der Waals surface area contributed by atoms with Crippen molar-refractivity contribution >= 4 is 35.7 Å². The Morgan fingerprint density at radius 3 is 2.59 bits per heavy atom. The van der Waals surface area contributed by atoms with Gasteiger partial charge in [0.15, 0.2) is 5.90 Å². The Hall–Kier alpha value is -3.69. The molecule has 0 saturated heterocycles. The highest BCUT2D eigenvalue weighted by molar-refractivity contribution is 6.14. The summed E-state index contributed by atoms with van der Waals surface area (Å²) in [6.07, 6.45) is 2.00. The third-order valence-corrected chi connectivity index (χ3v) is 4.60. The Balaban J connectivity index is 2.11. The summed E-state index contributed by atoms with van der Waals surface area (Å²) in [5, 5.41) is 9.92. The van der Waals surface area contributed by atoms with Gasteiger partial charge in [-0.2, -0.15) is 0 Å². The number of benzene rings is 1. The molecule has 10 heteroatoms. The highest BCUT2D eigenvalue weighted by Gasteiger charge is 2.31. The van der Waals surface area contributed by atoms with E-state index in [-0.39, 0.29) is 31.1 Å². The number of carbonyl (C=O) groups is 3. The van der Waals surface area contributed by atoms with Crippen LogP contribution >= 0.6 is 0 Å². The van der Waals surface area contributed by atoms with E-state index in [0.29, 0.717) is 23.7 Å². The van der Waals surface area contributed by atoms with Crippen LogP contribution in [0.2, 0.25) is 0 Å². The molecule has 1 aliphatic heterocycles. The van der Waals surface area contributed by atoms with Gasteiger partial charge >= 0.3 is 11.9 Å². The van der Waals surface area contributed by atoms with Crippen LogP contribution in [0.15, 0.2) is 33.9 Å². The second-order valence-electron chi connectivity index (χ2n) is 8.56. The van der Waals surface area contributed by atoms with E-state index in [0.717, 1.165) is 5.56 Å². The molecule has 10 nitrogen and oxygen atoms in total. The number of esters is 2. The van der Waals surface area contributed by atoms with Crippen LogP contribution in [0.5, 0.6) is 5.75 Å². The van der Waals surface area contributed by atoms with Crippen LogP contribution in [0.1, 0.15) is 45.7 Å². The number of phenols is 1. The molecule has 184 valence electrons. The van der Waals surface area contributed by atoms with Crippen LogP contribution in [-0.2, 0) is 35.0 Å². The number of amidine groups is 1. The van der Waals surface area contributed by atoms with Gasteiger partial charge in [0.05, 0.1) is 13.7 Å². The Morgan fingerprint density at radius 2 is 1.94 bits per heavy atom. The minimum absolute atomic E-state index is 0.0669. The number of carbonyl (C=O) groups excluding carboxylic acids is 3. The first-order valence-electron chi connectivity index (χ1n) is 10.7. The fourth-order valence-electron chi connectivity index (χ4n) is 3.04. The number of hydrogen-bond acceptors (Lipinski definition) is 9. The smallest absolute Gasteiger partial charge is 0.327 e. The number of methoxy groups -OCH3 is 1. The van der Waals surface area contributed by atoms with Gasteiger partial charge in [0, 0.05) is 13.3 Å². The minimum atomic E-state index is -0.658. The standard InChI is InChI=1S/C24H31N3O7/c1-15-26-20(23(31)27(15)14-22(30)34-24(3,4)5)12-17-7-8-19(28)11-18(17)9-10-33-16(2)25-13-21(29)32-6/h7-8,11-12,28H,9-10,13-14H2,1-6H3/b20-12-,25-16?. The van der Waals surface area contributed by atoms with Crippen molar-refractivity contribution in [3.05, 3.63) is 35.0 Å². The molecule has 0 aromatic heterocycles. The molecule has 0 spiro atoms. The molecule has 0 bridgehead atoms. The molecule has 1 heterocycles. The number of aliphatic imine (C=N–C) groups is 2. The molecule has 0 atom stereocenters. The largest absolute Gasteiger partial charge is 0.508 e. The van der Waals surface area contributed by atoms with E-state index in [2.05, 4.69) is 14.7 Å². The van der Waals surface area contributed by atoms with Crippen molar-refractivity contribution in [2.24, 2.45) is 9.98 Å². The van der Waals surface area contributed by atoms with Gasteiger partial charge in [-0.15, -0.1) is 0 Å². The summed E-state index contributed by atoms with van der Waals surface area (Å²) in [4.78, 5) is 45.7. The van der Waals surface area contributed by atoms with Gasteiger partial charge in [0.1, 0.15) is 36.0 Å². The van der Waals surface area contributed by atoms with Crippen molar-refractivity contribution in [1.29, 1.82) is 0 Å². The van der Waals surface area contributed by atoms with Crippen molar-refractivity contribution in [2.45, 2.75) is 46.6 Å². The molecule has 1 aliphatic rings.